The first kappa shape index (κ1) is 13.5. The van der Waals surface area contributed by atoms with Crippen LogP contribution in [0.4, 0.5) is 0 Å². The van der Waals surface area contributed by atoms with Crippen molar-refractivity contribution in [2.24, 2.45) is 0 Å². The lowest BCUT2D eigenvalue weighted by Gasteiger charge is -2.25. The van der Waals surface area contributed by atoms with Gasteiger partial charge in [0, 0.05) is 30.8 Å². The zero-order valence-corrected chi connectivity index (χ0v) is 11.4. The maximum atomic E-state index is 10.6. The van der Waals surface area contributed by atoms with Crippen molar-refractivity contribution in [2.45, 2.75) is 31.9 Å². The molecule has 4 nitrogen and oxygen atoms in total. The predicted molar refractivity (Wildman–Crippen MR) is 70.3 cm³/mol. The molecule has 1 aromatic heterocycles. The second-order valence-corrected chi connectivity index (χ2v) is 5.22. The number of hydrogen-bond donors (Lipinski definition) is 1. The van der Waals surface area contributed by atoms with Crippen LogP contribution in [0.2, 0.25) is 0 Å². The molecular weight excluding hydrogens is 228 g/mol. The Kier molecular flexibility index (Phi) is 4.00. The molecule has 1 aliphatic rings. The van der Waals surface area contributed by atoms with Gasteiger partial charge in [0.1, 0.15) is 5.60 Å². The van der Waals surface area contributed by atoms with Crippen LogP contribution in [-0.4, -0.2) is 42.3 Å². The van der Waals surface area contributed by atoms with Gasteiger partial charge in [0.05, 0.1) is 12.3 Å². The molecular formula is C14H22N2O2. The van der Waals surface area contributed by atoms with Gasteiger partial charge in [0.25, 0.3) is 0 Å². The summed E-state index contributed by atoms with van der Waals surface area (Å²) >= 11 is 0. The molecule has 4 heteroatoms. The molecule has 18 heavy (non-hydrogen) atoms. The highest BCUT2D eigenvalue weighted by Crippen LogP contribution is 2.32. The number of aromatic nitrogens is 1. The number of rotatable bonds is 4. The molecule has 1 aliphatic heterocycles. The molecule has 1 saturated heterocycles. The first-order chi connectivity index (χ1) is 8.55. The van der Waals surface area contributed by atoms with Crippen LogP contribution in [0, 0.1) is 0 Å². The van der Waals surface area contributed by atoms with Crippen LogP contribution < -0.4 is 0 Å². The fourth-order valence-electron chi connectivity index (χ4n) is 2.35. The Hall–Kier alpha value is -0.970. The molecule has 100 valence electrons. The third-order valence-corrected chi connectivity index (χ3v) is 3.36. The average Bonchev–Trinajstić information content (AvgIpc) is 2.76. The number of pyridine rings is 1. The van der Waals surface area contributed by atoms with Gasteiger partial charge in [0.2, 0.25) is 0 Å². The van der Waals surface area contributed by atoms with Gasteiger partial charge in [-0.2, -0.15) is 0 Å². The smallest absolute Gasteiger partial charge is 0.117 e. The molecule has 0 radical (unpaired) electrons. The van der Waals surface area contributed by atoms with Crippen molar-refractivity contribution in [3.8, 4) is 0 Å². The Labute approximate surface area is 109 Å². The third-order valence-electron chi connectivity index (χ3n) is 3.36. The van der Waals surface area contributed by atoms with Crippen molar-refractivity contribution in [1.29, 1.82) is 0 Å². The van der Waals surface area contributed by atoms with Crippen LogP contribution in [0.3, 0.4) is 0 Å². The Bertz CT molecular complexity index is 412. The van der Waals surface area contributed by atoms with E-state index in [1.165, 1.54) is 0 Å². The van der Waals surface area contributed by atoms with Crippen molar-refractivity contribution < 1.29 is 9.84 Å². The van der Waals surface area contributed by atoms with Gasteiger partial charge < -0.3 is 14.7 Å². The molecule has 0 unspecified atom stereocenters. The molecule has 0 amide bonds. The van der Waals surface area contributed by atoms with Crippen LogP contribution in [-0.2, 0) is 23.3 Å². The molecule has 0 saturated carbocycles. The second-order valence-electron chi connectivity index (χ2n) is 5.22. The lowest BCUT2D eigenvalue weighted by atomic mass is 9.91. The molecule has 1 fully saturated rings. The lowest BCUT2D eigenvalue weighted by Crippen LogP contribution is -2.29. The minimum Gasteiger partial charge on any atom is -0.383 e. The Morgan fingerprint density at radius 3 is 2.78 bits per heavy atom. The maximum absolute atomic E-state index is 10.6. The van der Waals surface area contributed by atoms with Gasteiger partial charge in [-0.05, 0) is 26.6 Å². The highest BCUT2D eigenvalue weighted by Gasteiger charge is 2.36. The summed E-state index contributed by atoms with van der Waals surface area (Å²) in [5.74, 6) is 0. The molecule has 2 rings (SSSR count). The maximum Gasteiger partial charge on any atom is 0.117 e. The first-order valence-corrected chi connectivity index (χ1v) is 6.49. The van der Waals surface area contributed by atoms with Crippen LogP contribution in [0.5, 0.6) is 0 Å². The van der Waals surface area contributed by atoms with Crippen LogP contribution in [0.25, 0.3) is 0 Å². The van der Waals surface area contributed by atoms with Crippen molar-refractivity contribution in [1.82, 2.24) is 9.88 Å². The molecule has 1 atom stereocenters. The van der Waals surface area contributed by atoms with Crippen molar-refractivity contribution in [3.05, 3.63) is 29.1 Å². The summed E-state index contributed by atoms with van der Waals surface area (Å²) in [5, 5.41) is 10.6. The van der Waals surface area contributed by atoms with Gasteiger partial charge in [-0.25, -0.2) is 0 Å². The average molecular weight is 250 g/mol. The minimum atomic E-state index is -0.857. The summed E-state index contributed by atoms with van der Waals surface area (Å²) in [4.78, 5) is 6.74. The van der Waals surface area contributed by atoms with Gasteiger partial charge in [0.15, 0.2) is 0 Å². The highest BCUT2D eigenvalue weighted by molar-refractivity contribution is 5.30. The monoisotopic (exact) mass is 250 g/mol. The van der Waals surface area contributed by atoms with Crippen molar-refractivity contribution in [2.75, 3.05) is 27.3 Å². The highest BCUT2D eigenvalue weighted by atomic mass is 16.5. The zero-order valence-electron chi connectivity index (χ0n) is 11.4. The molecule has 1 N–H and O–H groups in total. The number of aliphatic hydroxyl groups is 1. The Morgan fingerprint density at radius 2 is 2.22 bits per heavy atom. The second kappa shape index (κ2) is 5.34. The Balaban J connectivity index is 2.38. The number of aryl methyl sites for hydroxylation is 1. The van der Waals surface area contributed by atoms with E-state index in [0.29, 0.717) is 19.6 Å². The summed E-state index contributed by atoms with van der Waals surface area (Å²) in [6.45, 7) is 3.83. The van der Waals surface area contributed by atoms with Crippen LogP contribution >= 0.6 is 0 Å². The quantitative estimate of drug-likeness (QED) is 0.875. The van der Waals surface area contributed by atoms with E-state index >= 15 is 0 Å². The van der Waals surface area contributed by atoms with E-state index in [9.17, 15) is 5.11 Å². The standard InChI is InChI=1S/C14H22N2O2/c1-4-11-5-6-12(13(15-11)9-16(2)3)14(17)7-8-18-10-14/h5-6,17H,4,7-10H2,1-3H3/t14-/m0/s1. The fraction of sp³-hybridized carbons (Fsp3) is 0.643. The molecule has 1 aromatic rings. The van der Waals surface area contributed by atoms with E-state index < -0.39 is 5.60 Å². The largest absolute Gasteiger partial charge is 0.383 e. The zero-order chi connectivity index (χ0) is 13.2. The van der Waals surface area contributed by atoms with Gasteiger partial charge in [-0.1, -0.05) is 13.0 Å². The molecule has 0 aliphatic carbocycles. The number of nitrogens with zero attached hydrogens (tertiary/aromatic N) is 2. The van der Waals surface area contributed by atoms with E-state index in [1.807, 2.05) is 26.2 Å². The third kappa shape index (κ3) is 2.71. The van der Waals surface area contributed by atoms with E-state index in [-0.39, 0.29) is 0 Å². The van der Waals surface area contributed by atoms with E-state index in [4.69, 9.17) is 4.74 Å². The lowest BCUT2D eigenvalue weighted by molar-refractivity contribution is 0.0216. The predicted octanol–water partition coefficient (Wildman–Crippen LogP) is 1.31. The van der Waals surface area contributed by atoms with Gasteiger partial charge in [-0.3, -0.25) is 4.98 Å². The molecule has 0 aromatic carbocycles. The summed E-state index contributed by atoms with van der Waals surface area (Å²) < 4.78 is 5.34. The van der Waals surface area contributed by atoms with Crippen LogP contribution in [0.1, 0.15) is 30.3 Å². The summed E-state index contributed by atoms with van der Waals surface area (Å²) in [6, 6.07) is 4.02. The van der Waals surface area contributed by atoms with Crippen LogP contribution in [0.15, 0.2) is 12.1 Å². The Morgan fingerprint density at radius 1 is 1.44 bits per heavy atom. The van der Waals surface area contributed by atoms with E-state index in [1.54, 1.807) is 0 Å². The fourth-order valence-corrected chi connectivity index (χ4v) is 2.35. The first-order valence-electron chi connectivity index (χ1n) is 6.49. The summed E-state index contributed by atoms with van der Waals surface area (Å²) in [7, 11) is 4.03. The van der Waals surface area contributed by atoms with E-state index in [0.717, 1.165) is 29.9 Å². The molecule has 2 heterocycles. The minimum absolute atomic E-state index is 0.376. The molecule has 0 bridgehead atoms. The van der Waals surface area contributed by atoms with Gasteiger partial charge in [-0.15, -0.1) is 0 Å². The van der Waals surface area contributed by atoms with Crippen molar-refractivity contribution in [3.63, 3.8) is 0 Å². The molecule has 0 spiro atoms. The summed E-state index contributed by atoms with van der Waals surface area (Å²) in [6.07, 6.45) is 1.57. The number of ether oxygens (including phenoxy) is 1. The van der Waals surface area contributed by atoms with Crippen molar-refractivity contribution >= 4 is 0 Å². The summed E-state index contributed by atoms with van der Waals surface area (Å²) in [5.41, 5.74) is 2.10. The van der Waals surface area contributed by atoms with E-state index in [2.05, 4.69) is 16.8 Å². The topological polar surface area (TPSA) is 45.6 Å². The normalized spacial score (nSPS) is 23.8. The SMILES string of the molecule is CCc1ccc([C@]2(O)CCOC2)c(CN(C)C)n1. The van der Waals surface area contributed by atoms with Gasteiger partial charge >= 0.3 is 0 Å². The number of hydrogen-bond acceptors (Lipinski definition) is 4.